The first-order valence-corrected chi connectivity index (χ1v) is 3.22. The summed E-state index contributed by atoms with van der Waals surface area (Å²) in [6.45, 7) is 0.737. The zero-order valence-electron chi connectivity index (χ0n) is 5.76. The van der Waals surface area contributed by atoms with E-state index < -0.39 is 0 Å². The van der Waals surface area contributed by atoms with Crippen LogP contribution < -0.4 is 11.3 Å². The predicted octanol–water partition coefficient (Wildman–Crippen LogP) is -0.618. The molecule has 0 atom stereocenters. The largest absolute Gasteiger partial charge is 0.370 e. The molecule has 2 heterocycles. The normalized spacial score (nSPS) is 14.9. The SMILES string of the molecule is Nc1nc2c(c(=O)[nH]1)COC2. The maximum Gasteiger partial charge on any atom is 0.258 e. The summed E-state index contributed by atoms with van der Waals surface area (Å²) in [7, 11) is 0. The lowest BCUT2D eigenvalue weighted by Crippen LogP contribution is -2.16. The second-order valence-corrected chi connectivity index (χ2v) is 2.37. The molecule has 0 fully saturated rings. The zero-order valence-corrected chi connectivity index (χ0v) is 5.76. The number of nitrogen functional groups attached to an aromatic ring is 1. The minimum atomic E-state index is -0.190. The third kappa shape index (κ3) is 0.894. The van der Waals surface area contributed by atoms with Gasteiger partial charge in [-0.1, -0.05) is 0 Å². The number of nitrogens with one attached hydrogen (secondary N) is 1. The van der Waals surface area contributed by atoms with Crippen molar-refractivity contribution in [2.24, 2.45) is 0 Å². The number of fused-ring (bicyclic) bond motifs is 1. The fraction of sp³-hybridized carbons (Fsp3) is 0.333. The summed E-state index contributed by atoms with van der Waals surface area (Å²) >= 11 is 0. The van der Waals surface area contributed by atoms with Crippen LogP contribution in [0.5, 0.6) is 0 Å². The van der Waals surface area contributed by atoms with Gasteiger partial charge in [-0.25, -0.2) is 4.98 Å². The van der Waals surface area contributed by atoms with Gasteiger partial charge in [0, 0.05) is 0 Å². The van der Waals surface area contributed by atoms with Crippen LogP contribution in [-0.4, -0.2) is 9.97 Å². The van der Waals surface area contributed by atoms with Crippen LogP contribution in [0.3, 0.4) is 0 Å². The molecular weight excluding hydrogens is 146 g/mol. The number of ether oxygens (including phenoxy) is 1. The Kier molecular flexibility index (Phi) is 1.19. The van der Waals surface area contributed by atoms with Crippen LogP contribution in [0.15, 0.2) is 4.79 Å². The van der Waals surface area contributed by atoms with Gasteiger partial charge in [-0.3, -0.25) is 9.78 Å². The van der Waals surface area contributed by atoms with Crippen molar-refractivity contribution < 1.29 is 4.74 Å². The number of H-pyrrole nitrogens is 1. The van der Waals surface area contributed by atoms with E-state index in [0.29, 0.717) is 24.5 Å². The monoisotopic (exact) mass is 153 g/mol. The summed E-state index contributed by atoms with van der Waals surface area (Å²) in [4.78, 5) is 17.4. The van der Waals surface area contributed by atoms with E-state index >= 15 is 0 Å². The van der Waals surface area contributed by atoms with E-state index in [0.717, 1.165) is 0 Å². The van der Waals surface area contributed by atoms with Crippen LogP contribution in [0, 0.1) is 0 Å². The lowest BCUT2D eigenvalue weighted by Gasteiger charge is -1.95. The second kappa shape index (κ2) is 2.06. The van der Waals surface area contributed by atoms with Gasteiger partial charge < -0.3 is 10.5 Å². The Hall–Kier alpha value is -1.36. The maximum absolute atomic E-state index is 11.1. The zero-order chi connectivity index (χ0) is 7.84. The average Bonchev–Trinajstić information content (AvgIpc) is 2.34. The van der Waals surface area contributed by atoms with Gasteiger partial charge in [-0.2, -0.15) is 0 Å². The topological polar surface area (TPSA) is 81.0 Å². The predicted molar refractivity (Wildman–Crippen MR) is 37.8 cm³/mol. The summed E-state index contributed by atoms with van der Waals surface area (Å²) < 4.78 is 5.01. The third-order valence-corrected chi connectivity index (χ3v) is 1.60. The summed E-state index contributed by atoms with van der Waals surface area (Å²) in [5, 5.41) is 0. The molecule has 0 unspecified atom stereocenters. The number of hydrogen-bond acceptors (Lipinski definition) is 4. The molecule has 0 aromatic carbocycles. The van der Waals surface area contributed by atoms with E-state index in [9.17, 15) is 4.79 Å². The van der Waals surface area contributed by atoms with Gasteiger partial charge in [0.2, 0.25) is 5.95 Å². The fourth-order valence-electron chi connectivity index (χ4n) is 1.08. The molecule has 2 rings (SSSR count). The first-order valence-electron chi connectivity index (χ1n) is 3.22. The van der Waals surface area contributed by atoms with E-state index in [1.807, 2.05) is 0 Å². The van der Waals surface area contributed by atoms with E-state index in [1.54, 1.807) is 0 Å². The summed E-state index contributed by atoms with van der Waals surface area (Å²) in [6, 6.07) is 0. The molecule has 3 N–H and O–H groups in total. The lowest BCUT2D eigenvalue weighted by molar-refractivity contribution is 0.133. The number of nitrogens with zero attached hydrogens (tertiary/aromatic N) is 1. The highest BCUT2D eigenvalue weighted by Crippen LogP contribution is 2.12. The number of nitrogens with two attached hydrogens (primary N) is 1. The van der Waals surface area contributed by atoms with Gasteiger partial charge in [-0.15, -0.1) is 0 Å². The Bertz CT molecular complexity index is 344. The van der Waals surface area contributed by atoms with Crippen molar-refractivity contribution in [3.8, 4) is 0 Å². The molecule has 0 amide bonds. The Morgan fingerprint density at radius 3 is 3.18 bits per heavy atom. The molecule has 0 saturated carbocycles. The Morgan fingerprint density at radius 2 is 2.36 bits per heavy atom. The van der Waals surface area contributed by atoms with Crippen LogP contribution in [0.2, 0.25) is 0 Å². The van der Waals surface area contributed by atoms with E-state index in [-0.39, 0.29) is 11.5 Å². The number of aromatic amines is 1. The van der Waals surface area contributed by atoms with Gasteiger partial charge in [-0.05, 0) is 0 Å². The summed E-state index contributed by atoms with van der Waals surface area (Å²) in [5.74, 6) is 0.152. The van der Waals surface area contributed by atoms with Crippen LogP contribution in [-0.2, 0) is 18.0 Å². The standard InChI is InChI=1S/C6H7N3O2/c7-6-8-4-2-11-1-3(4)5(10)9-6/h1-2H2,(H3,7,8,9,10). The molecule has 1 aromatic rings. The smallest absolute Gasteiger partial charge is 0.258 e. The number of aromatic nitrogens is 2. The van der Waals surface area contributed by atoms with Gasteiger partial charge >= 0.3 is 0 Å². The fourth-order valence-corrected chi connectivity index (χ4v) is 1.08. The average molecular weight is 153 g/mol. The van der Waals surface area contributed by atoms with E-state index in [4.69, 9.17) is 10.5 Å². The van der Waals surface area contributed by atoms with Crippen LogP contribution in [0.4, 0.5) is 5.95 Å². The molecule has 1 aromatic heterocycles. The number of hydrogen-bond donors (Lipinski definition) is 2. The highest BCUT2D eigenvalue weighted by Gasteiger charge is 2.16. The molecule has 0 aliphatic carbocycles. The lowest BCUT2D eigenvalue weighted by atomic mass is 10.3. The van der Waals surface area contributed by atoms with E-state index in [2.05, 4.69) is 9.97 Å². The molecule has 11 heavy (non-hydrogen) atoms. The first kappa shape index (κ1) is 6.36. The van der Waals surface area contributed by atoms with Gasteiger partial charge in [0.05, 0.1) is 24.5 Å². The van der Waals surface area contributed by atoms with Crippen LogP contribution >= 0.6 is 0 Å². The van der Waals surface area contributed by atoms with Gasteiger partial charge in [0.1, 0.15) is 0 Å². The van der Waals surface area contributed by atoms with Crippen molar-refractivity contribution in [3.05, 3.63) is 21.6 Å². The number of rotatable bonds is 0. The minimum Gasteiger partial charge on any atom is -0.370 e. The molecule has 5 heteroatoms. The summed E-state index contributed by atoms with van der Waals surface area (Å²) in [6.07, 6.45) is 0. The third-order valence-electron chi connectivity index (χ3n) is 1.60. The molecule has 58 valence electrons. The Labute approximate surface area is 62.2 Å². The van der Waals surface area contributed by atoms with Crippen molar-refractivity contribution in [3.63, 3.8) is 0 Å². The highest BCUT2D eigenvalue weighted by molar-refractivity contribution is 5.26. The van der Waals surface area contributed by atoms with Crippen molar-refractivity contribution in [2.75, 3.05) is 5.73 Å². The highest BCUT2D eigenvalue weighted by atomic mass is 16.5. The van der Waals surface area contributed by atoms with Crippen LogP contribution in [0.25, 0.3) is 0 Å². The quantitative estimate of drug-likeness (QED) is 0.520. The number of anilines is 1. The second-order valence-electron chi connectivity index (χ2n) is 2.37. The van der Waals surface area contributed by atoms with Crippen molar-refractivity contribution >= 4 is 5.95 Å². The van der Waals surface area contributed by atoms with Crippen molar-refractivity contribution in [1.29, 1.82) is 0 Å². The molecule has 5 nitrogen and oxygen atoms in total. The van der Waals surface area contributed by atoms with Gasteiger partial charge in [0.25, 0.3) is 5.56 Å². The molecule has 1 aliphatic rings. The molecule has 0 bridgehead atoms. The maximum atomic E-state index is 11.1. The Morgan fingerprint density at radius 1 is 1.55 bits per heavy atom. The summed E-state index contributed by atoms with van der Waals surface area (Å²) in [5.41, 5.74) is 6.37. The van der Waals surface area contributed by atoms with Crippen molar-refractivity contribution in [2.45, 2.75) is 13.2 Å². The minimum absolute atomic E-state index is 0.152. The molecule has 0 radical (unpaired) electrons. The van der Waals surface area contributed by atoms with Crippen molar-refractivity contribution in [1.82, 2.24) is 9.97 Å². The molecule has 0 saturated heterocycles. The van der Waals surface area contributed by atoms with Crippen LogP contribution in [0.1, 0.15) is 11.3 Å². The first-order chi connectivity index (χ1) is 5.27. The van der Waals surface area contributed by atoms with Gasteiger partial charge in [0.15, 0.2) is 0 Å². The molecule has 1 aliphatic heterocycles. The molecular formula is C6H7N3O2. The molecule has 0 spiro atoms. The van der Waals surface area contributed by atoms with E-state index in [1.165, 1.54) is 0 Å². The Balaban J connectivity index is 2.70.